The molecule has 6 nitrogen and oxygen atoms in total. The van der Waals surface area contributed by atoms with Gasteiger partial charge in [0.15, 0.2) is 12.4 Å². The second-order valence-corrected chi connectivity index (χ2v) is 5.39. The summed E-state index contributed by atoms with van der Waals surface area (Å²) >= 11 is 12.3. The van der Waals surface area contributed by atoms with E-state index in [1.807, 2.05) is 12.2 Å². The third-order valence-corrected chi connectivity index (χ3v) is 3.44. The van der Waals surface area contributed by atoms with Gasteiger partial charge in [0.05, 0.1) is 16.7 Å². The predicted octanol–water partition coefficient (Wildman–Crippen LogP) is 3.50. The largest absolute Gasteiger partial charge is 0.480 e. The van der Waals surface area contributed by atoms with Crippen LogP contribution >= 0.6 is 23.2 Å². The average Bonchev–Trinajstić information content (AvgIpc) is 2.46. The van der Waals surface area contributed by atoms with E-state index >= 15 is 0 Å². The Hall–Kier alpha value is -2.05. The van der Waals surface area contributed by atoms with Crippen molar-refractivity contribution in [3.63, 3.8) is 0 Å². The summed E-state index contributed by atoms with van der Waals surface area (Å²) in [5, 5.41) is 3.34. The van der Waals surface area contributed by atoms with E-state index < -0.39 is 18.6 Å². The van der Waals surface area contributed by atoms with Crippen LogP contribution in [0.15, 0.2) is 18.2 Å². The maximum absolute atomic E-state index is 11.7. The van der Waals surface area contributed by atoms with Gasteiger partial charge in [-0.15, -0.1) is 0 Å². The van der Waals surface area contributed by atoms with E-state index in [1.165, 1.54) is 6.07 Å². The number of aromatic nitrogens is 1. The minimum Gasteiger partial charge on any atom is -0.480 e. The third kappa shape index (κ3) is 4.24. The van der Waals surface area contributed by atoms with Crippen LogP contribution in [0.1, 0.15) is 12.6 Å². The zero-order chi connectivity index (χ0) is 17.0. The number of alkyl carbamates (subject to hydrolysis) is 1. The number of hydrogen-bond acceptors (Lipinski definition) is 5. The predicted molar refractivity (Wildman–Crippen MR) is 87.2 cm³/mol. The molecule has 1 aromatic carbocycles. The normalized spacial score (nSPS) is 10.4. The maximum atomic E-state index is 11.7. The number of amides is 2. The molecule has 1 heterocycles. The number of nitrogens with one attached hydrogen (secondary N) is 1. The highest BCUT2D eigenvalue weighted by atomic mass is 35.5. The Labute approximate surface area is 142 Å². The number of hydrogen-bond donors (Lipinski definition) is 1. The van der Waals surface area contributed by atoms with Gasteiger partial charge in [-0.2, -0.15) is 0 Å². The fraction of sp³-hybridized carbons (Fsp3) is 0.267. The molecule has 0 saturated carbocycles. The van der Waals surface area contributed by atoms with Gasteiger partial charge in [-0.1, -0.05) is 23.2 Å². The molecule has 1 N–H and O–H groups in total. The Bertz CT molecular complexity index is 765. The Morgan fingerprint density at radius 1 is 1.26 bits per heavy atom. The highest BCUT2D eigenvalue weighted by molar-refractivity contribution is 6.39. The Morgan fingerprint density at radius 3 is 2.70 bits per heavy atom. The van der Waals surface area contributed by atoms with Crippen LogP contribution in [-0.2, 0) is 9.53 Å². The molecule has 0 atom stereocenters. The summed E-state index contributed by atoms with van der Waals surface area (Å²) < 4.78 is 10.0. The summed E-state index contributed by atoms with van der Waals surface area (Å²) in [7, 11) is 0. The molecule has 0 spiro atoms. The van der Waals surface area contributed by atoms with Crippen LogP contribution < -0.4 is 10.1 Å². The van der Waals surface area contributed by atoms with Crippen molar-refractivity contribution >= 4 is 46.1 Å². The highest BCUT2D eigenvalue weighted by Crippen LogP contribution is 2.37. The van der Waals surface area contributed by atoms with Crippen molar-refractivity contribution in [2.75, 3.05) is 13.2 Å². The topological polar surface area (TPSA) is 77.5 Å². The van der Waals surface area contributed by atoms with Gasteiger partial charge in [0.25, 0.3) is 5.91 Å². The smallest absolute Gasteiger partial charge is 0.413 e. The SMILES string of the molecule is CCOC(=O)NC(=O)COc1c(Cl)cc(Cl)c2ccc(C)nc12. The number of benzene rings is 1. The first-order chi connectivity index (χ1) is 10.9. The van der Waals surface area contributed by atoms with Crippen molar-refractivity contribution in [2.24, 2.45) is 0 Å². The lowest BCUT2D eigenvalue weighted by molar-refractivity contribution is -0.122. The Kier molecular flexibility index (Phi) is 5.63. The van der Waals surface area contributed by atoms with Crippen LogP contribution in [0.2, 0.25) is 10.0 Å². The molecule has 2 amide bonds. The molecule has 0 unspecified atom stereocenters. The van der Waals surface area contributed by atoms with E-state index in [0.29, 0.717) is 15.9 Å². The lowest BCUT2D eigenvalue weighted by atomic mass is 10.2. The van der Waals surface area contributed by atoms with Crippen LogP contribution in [0.5, 0.6) is 5.75 Å². The molecule has 0 fully saturated rings. The summed E-state index contributed by atoms with van der Waals surface area (Å²) in [6.45, 7) is 3.20. The number of imide groups is 1. The van der Waals surface area contributed by atoms with Crippen molar-refractivity contribution in [1.29, 1.82) is 0 Å². The Morgan fingerprint density at radius 2 is 2.00 bits per heavy atom. The number of nitrogens with zero attached hydrogens (tertiary/aromatic N) is 1. The maximum Gasteiger partial charge on any atom is 0.413 e. The van der Waals surface area contributed by atoms with E-state index in [4.69, 9.17) is 27.9 Å². The number of ether oxygens (including phenoxy) is 2. The van der Waals surface area contributed by atoms with Crippen LogP contribution in [0.25, 0.3) is 10.9 Å². The third-order valence-electron chi connectivity index (χ3n) is 2.84. The van der Waals surface area contributed by atoms with E-state index in [0.717, 1.165) is 5.69 Å². The molecule has 0 aliphatic carbocycles. The monoisotopic (exact) mass is 356 g/mol. The molecule has 23 heavy (non-hydrogen) atoms. The van der Waals surface area contributed by atoms with Gasteiger partial charge in [-0.3, -0.25) is 10.1 Å². The van der Waals surface area contributed by atoms with Crippen LogP contribution in [0.4, 0.5) is 4.79 Å². The molecule has 0 aliphatic rings. The molecule has 0 bridgehead atoms. The lowest BCUT2D eigenvalue weighted by Crippen LogP contribution is -2.34. The lowest BCUT2D eigenvalue weighted by Gasteiger charge is -2.12. The standard InChI is InChI=1S/C15H14Cl2N2O4/c1-3-22-15(21)19-12(20)7-23-14-11(17)6-10(16)9-5-4-8(2)18-13(9)14/h4-6H,3,7H2,1-2H3,(H,19,20,21). The molecule has 1 aromatic heterocycles. The molecule has 2 rings (SSSR count). The van der Waals surface area contributed by atoms with E-state index in [-0.39, 0.29) is 17.4 Å². The first kappa shape index (κ1) is 17.3. The molecule has 0 radical (unpaired) electrons. The summed E-state index contributed by atoms with van der Waals surface area (Å²) in [5.74, 6) is -0.427. The molecule has 0 aliphatic heterocycles. The number of aryl methyl sites for hydroxylation is 1. The number of carbonyl (C=O) groups excluding carboxylic acids is 2. The van der Waals surface area contributed by atoms with Crippen LogP contribution in [-0.4, -0.2) is 30.2 Å². The number of halogens is 2. The van der Waals surface area contributed by atoms with E-state index in [9.17, 15) is 9.59 Å². The summed E-state index contributed by atoms with van der Waals surface area (Å²) in [6, 6.07) is 5.11. The van der Waals surface area contributed by atoms with Crippen LogP contribution in [0.3, 0.4) is 0 Å². The highest BCUT2D eigenvalue weighted by Gasteiger charge is 2.15. The van der Waals surface area contributed by atoms with Crippen molar-refractivity contribution in [3.05, 3.63) is 33.9 Å². The van der Waals surface area contributed by atoms with Crippen molar-refractivity contribution in [3.8, 4) is 5.75 Å². The molecule has 8 heteroatoms. The fourth-order valence-electron chi connectivity index (χ4n) is 1.88. The van der Waals surface area contributed by atoms with E-state index in [1.54, 1.807) is 19.1 Å². The van der Waals surface area contributed by atoms with Gasteiger partial charge < -0.3 is 9.47 Å². The van der Waals surface area contributed by atoms with Crippen molar-refractivity contribution in [1.82, 2.24) is 10.3 Å². The Balaban J connectivity index is 2.21. The number of carbonyl (C=O) groups is 2. The number of pyridine rings is 1. The minimum atomic E-state index is -0.831. The van der Waals surface area contributed by atoms with Crippen molar-refractivity contribution < 1.29 is 19.1 Å². The molecule has 2 aromatic rings. The number of fused-ring (bicyclic) bond motifs is 1. The van der Waals surface area contributed by atoms with Gasteiger partial charge >= 0.3 is 6.09 Å². The number of rotatable bonds is 4. The van der Waals surface area contributed by atoms with Crippen LogP contribution in [0, 0.1) is 6.92 Å². The zero-order valence-corrected chi connectivity index (χ0v) is 14.0. The first-order valence-corrected chi connectivity index (χ1v) is 7.52. The molecule has 0 saturated heterocycles. The summed E-state index contributed by atoms with van der Waals surface area (Å²) in [5.41, 5.74) is 1.20. The van der Waals surface area contributed by atoms with Gasteiger partial charge in [0.1, 0.15) is 5.52 Å². The zero-order valence-electron chi connectivity index (χ0n) is 12.5. The van der Waals surface area contributed by atoms with Gasteiger partial charge in [-0.25, -0.2) is 9.78 Å². The fourth-order valence-corrected chi connectivity index (χ4v) is 2.45. The summed E-state index contributed by atoms with van der Waals surface area (Å²) in [6.07, 6.45) is -0.831. The van der Waals surface area contributed by atoms with Crippen molar-refractivity contribution in [2.45, 2.75) is 13.8 Å². The van der Waals surface area contributed by atoms with Gasteiger partial charge in [0.2, 0.25) is 0 Å². The van der Waals surface area contributed by atoms with Gasteiger partial charge in [-0.05, 0) is 32.0 Å². The second-order valence-electron chi connectivity index (χ2n) is 4.58. The average molecular weight is 357 g/mol. The molecular weight excluding hydrogens is 343 g/mol. The molecular formula is C15H14Cl2N2O4. The second kappa shape index (κ2) is 7.48. The summed E-state index contributed by atoms with van der Waals surface area (Å²) in [4.78, 5) is 27.2. The first-order valence-electron chi connectivity index (χ1n) is 6.77. The van der Waals surface area contributed by atoms with Gasteiger partial charge in [0, 0.05) is 11.1 Å². The quantitative estimate of drug-likeness (QED) is 0.906. The molecule has 122 valence electrons. The minimum absolute atomic E-state index is 0.164. The van der Waals surface area contributed by atoms with E-state index in [2.05, 4.69) is 9.72 Å².